The molecule has 0 aliphatic heterocycles. The summed E-state index contributed by atoms with van der Waals surface area (Å²) in [4.78, 5) is 13.8. The van der Waals surface area contributed by atoms with Crippen LogP contribution < -0.4 is 14.2 Å². The maximum absolute atomic E-state index is 13.0. The number of rotatable bonds is 8. The minimum Gasteiger partial charge on any atom is -0.493 e. The maximum Gasteiger partial charge on any atom is 0.416 e. The molecule has 2 aromatic rings. The predicted molar refractivity (Wildman–Crippen MR) is 126 cm³/mol. The Kier molecular flexibility index (Phi) is 8.70. The molecule has 35 heavy (non-hydrogen) atoms. The van der Waals surface area contributed by atoms with Crippen molar-refractivity contribution in [1.82, 2.24) is 10.2 Å². The summed E-state index contributed by atoms with van der Waals surface area (Å²) in [7, 11) is -3.30. The van der Waals surface area contributed by atoms with E-state index < -0.39 is 32.3 Å². The average Bonchev–Trinajstić information content (AvgIpc) is 2.75. The Morgan fingerprint density at radius 3 is 2.29 bits per heavy atom. The van der Waals surface area contributed by atoms with Crippen LogP contribution in [0.5, 0.6) is 11.5 Å². The van der Waals surface area contributed by atoms with Crippen molar-refractivity contribution < 1.29 is 35.3 Å². The van der Waals surface area contributed by atoms with Gasteiger partial charge < -0.3 is 19.1 Å². The van der Waals surface area contributed by atoms with Crippen LogP contribution in [-0.2, 0) is 22.8 Å². The van der Waals surface area contributed by atoms with E-state index in [1.807, 2.05) is 34.6 Å². The van der Waals surface area contributed by atoms with E-state index in [-0.39, 0.29) is 30.1 Å². The quantitative estimate of drug-likeness (QED) is 0.463. The van der Waals surface area contributed by atoms with Crippen molar-refractivity contribution >= 4 is 16.1 Å². The number of carbonyl (C=O) groups is 1. The first-order chi connectivity index (χ1) is 16.1. The zero-order valence-electron chi connectivity index (χ0n) is 20.6. The lowest BCUT2D eigenvalue weighted by Gasteiger charge is -2.32. The molecule has 2 amide bonds. The van der Waals surface area contributed by atoms with Crippen molar-refractivity contribution in [2.75, 3.05) is 7.11 Å². The van der Waals surface area contributed by atoms with Crippen molar-refractivity contribution in [3.63, 3.8) is 0 Å². The number of urea groups is 1. The second-order valence-electron chi connectivity index (χ2n) is 9.11. The number of hydrogen-bond donors (Lipinski definition) is 1. The molecule has 0 saturated carbocycles. The van der Waals surface area contributed by atoms with Crippen LogP contribution in [0, 0.1) is 0 Å². The summed E-state index contributed by atoms with van der Waals surface area (Å²) >= 11 is 0. The summed E-state index contributed by atoms with van der Waals surface area (Å²) in [5.74, 6) is -0.138. The molecular weight excluding hydrogens is 485 g/mol. The highest BCUT2D eigenvalue weighted by molar-refractivity contribution is 7.87. The van der Waals surface area contributed by atoms with Crippen molar-refractivity contribution in [1.29, 1.82) is 0 Å². The second kappa shape index (κ2) is 10.8. The molecule has 0 aliphatic rings. The summed E-state index contributed by atoms with van der Waals surface area (Å²) in [6, 6.07) is 7.39. The number of alkyl halides is 3. The van der Waals surface area contributed by atoms with Gasteiger partial charge in [0.15, 0.2) is 11.5 Å². The van der Waals surface area contributed by atoms with Gasteiger partial charge in [0.25, 0.3) is 0 Å². The van der Waals surface area contributed by atoms with Gasteiger partial charge in [-0.05, 0) is 70.0 Å². The van der Waals surface area contributed by atoms with Crippen molar-refractivity contribution in [3.05, 3.63) is 53.6 Å². The van der Waals surface area contributed by atoms with Gasteiger partial charge in [0.2, 0.25) is 0 Å². The van der Waals surface area contributed by atoms with Crippen LogP contribution in [0.25, 0.3) is 0 Å². The molecule has 0 unspecified atom stereocenters. The second-order valence-corrected chi connectivity index (χ2v) is 10.7. The van der Waals surface area contributed by atoms with E-state index in [1.54, 1.807) is 11.0 Å². The van der Waals surface area contributed by atoms with E-state index in [4.69, 9.17) is 8.92 Å². The van der Waals surface area contributed by atoms with Gasteiger partial charge >= 0.3 is 22.3 Å². The van der Waals surface area contributed by atoms with Gasteiger partial charge in [-0.15, -0.1) is 0 Å². The SMILES string of the molecule is CC[C@@H](C)N(Cc1ccc(OC)c(OS(=O)(=O)c2cccc(C(F)(F)F)c2)c1)C(=O)NC(C)(C)C. The topological polar surface area (TPSA) is 84.9 Å². The maximum atomic E-state index is 13.0. The zero-order chi connectivity index (χ0) is 26.6. The Balaban J connectivity index is 2.40. The van der Waals surface area contributed by atoms with E-state index in [9.17, 15) is 26.4 Å². The number of halogens is 3. The summed E-state index contributed by atoms with van der Waals surface area (Å²) in [6.45, 7) is 9.54. The smallest absolute Gasteiger partial charge is 0.416 e. The Hall–Kier alpha value is -2.95. The zero-order valence-corrected chi connectivity index (χ0v) is 21.4. The van der Waals surface area contributed by atoms with E-state index in [2.05, 4.69) is 5.32 Å². The van der Waals surface area contributed by atoms with Gasteiger partial charge in [0.1, 0.15) is 4.90 Å². The summed E-state index contributed by atoms with van der Waals surface area (Å²) in [5, 5.41) is 2.91. The van der Waals surface area contributed by atoms with Crippen LogP contribution in [0.3, 0.4) is 0 Å². The largest absolute Gasteiger partial charge is 0.493 e. The fraction of sp³-hybridized carbons (Fsp3) is 0.458. The van der Waals surface area contributed by atoms with Gasteiger partial charge in [0, 0.05) is 18.1 Å². The first-order valence-electron chi connectivity index (χ1n) is 10.9. The van der Waals surface area contributed by atoms with Crippen LogP contribution in [-0.4, -0.2) is 38.0 Å². The third kappa shape index (κ3) is 7.78. The fourth-order valence-electron chi connectivity index (χ4n) is 3.12. The number of hydrogen-bond acceptors (Lipinski definition) is 5. The lowest BCUT2D eigenvalue weighted by atomic mass is 10.1. The molecule has 11 heteroatoms. The lowest BCUT2D eigenvalue weighted by Crippen LogP contribution is -2.50. The Morgan fingerprint density at radius 2 is 1.74 bits per heavy atom. The van der Waals surface area contributed by atoms with Crippen LogP contribution in [0.4, 0.5) is 18.0 Å². The normalized spacial score (nSPS) is 13.2. The highest BCUT2D eigenvalue weighted by Crippen LogP contribution is 2.34. The number of amides is 2. The molecule has 0 aromatic heterocycles. The van der Waals surface area contributed by atoms with Gasteiger partial charge in [-0.3, -0.25) is 0 Å². The monoisotopic (exact) mass is 516 g/mol. The minimum absolute atomic E-state index is 0.0681. The molecule has 0 aliphatic carbocycles. The first-order valence-corrected chi connectivity index (χ1v) is 12.4. The van der Waals surface area contributed by atoms with Gasteiger partial charge in [0.05, 0.1) is 12.7 Å². The third-order valence-corrected chi connectivity index (χ3v) is 6.33. The number of nitrogens with zero attached hydrogens (tertiary/aromatic N) is 1. The Morgan fingerprint density at radius 1 is 1.09 bits per heavy atom. The highest BCUT2D eigenvalue weighted by Gasteiger charge is 2.32. The predicted octanol–water partition coefficient (Wildman–Crippen LogP) is 5.59. The van der Waals surface area contributed by atoms with Crippen molar-refractivity contribution in [2.45, 2.75) is 70.2 Å². The van der Waals surface area contributed by atoms with E-state index in [1.165, 1.54) is 19.2 Å². The number of ether oxygens (including phenoxy) is 1. The van der Waals surface area contributed by atoms with E-state index >= 15 is 0 Å². The minimum atomic E-state index is -4.71. The van der Waals surface area contributed by atoms with Crippen LogP contribution in [0.1, 0.15) is 52.2 Å². The molecule has 0 heterocycles. The lowest BCUT2D eigenvalue weighted by molar-refractivity contribution is -0.137. The Bertz CT molecular complexity index is 1140. The summed E-state index contributed by atoms with van der Waals surface area (Å²) in [6.07, 6.45) is -4.03. The molecule has 1 atom stereocenters. The molecule has 2 aromatic carbocycles. The van der Waals surface area contributed by atoms with Crippen LogP contribution in [0.15, 0.2) is 47.4 Å². The fourth-order valence-corrected chi connectivity index (χ4v) is 4.10. The molecule has 7 nitrogen and oxygen atoms in total. The van der Waals surface area contributed by atoms with Crippen LogP contribution in [0.2, 0.25) is 0 Å². The van der Waals surface area contributed by atoms with Gasteiger partial charge in [-0.1, -0.05) is 19.1 Å². The Labute approximate surface area is 204 Å². The number of methoxy groups -OCH3 is 1. The average molecular weight is 517 g/mol. The van der Waals surface area contributed by atoms with Crippen LogP contribution >= 0.6 is 0 Å². The molecule has 0 saturated heterocycles. The van der Waals surface area contributed by atoms with Crippen molar-refractivity contribution in [3.8, 4) is 11.5 Å². The molecule has 0 bridgehead atoms. The number of benzene rings is 2. The molecule has 2 rings (SSSR count). The molecule has 1 N–H and O–H groups in total. The molecule has 194 valence electrons. The van der Waals surface area contributed by atoms with Crippen molar-refractivity contribution in [2.24, 2.45) is 0 Å². The third-order valence-electron chi connectivity index (χ3n) is 5.10. The number of carbonyl (C=O) groups excluding carboxylic acids is 1. The highest BCUT2D eigenvalue weighted by atomic mass is 32.2. The standard InChI is InChI=1S/C24H31F3N2O5S/c1-7-16(2)29(22(30)28-23(3,4)5)15-17-11-12-20(33-6)21(13-17)34-35(31,32)19-10-8-9-18(14-19)24(25,26)27/h8-14,16H,7,15H2,1-6H3,(H,28,30)/t16-/m1/s1. The molecular formula is C24H31F3N2O5S. The molecule has 0 spiro atoms. The van der Waals surface area contributed by atoms with Gasteiger partial charge in [-0.25, -0.2) is 4.79 Å². The molecule has 0 fully saturated rings. The van der Waals surface area contributed by atoms with E-state index in [0.717, 1.165) is 18.2 Å². The summed E-state index contributed by atoms with van der Waals surface area (Å²) < 4.78 is 75.1. The van der Waals surface area contributed by atoms with E-state index in [0.29, 0.717) is 18.1 Å². The van der Waals surface area contributed by atoms with Gasteiger partial charge in [-0.2, -0.15) is 21.6 Å². The summed E-state index contributed by atoms with van der Waals surface area (Å²) in [5.41, 5.74) is -1.03. The molecule has 0 radical (unpaired) electrons. The number of nitrogens with one attached hydrogen (secondary N) is 1. The first kappa shape index (κ1) is 28.3.